The summed E-state index contributed by atoms with van der Waals surface area (Å²) in [5, 5.41) is 3.92. The zero-order valence-corrected chi connectivity index (χ0v) is 29.3. The molecule has 5 saturated carbocycles. The van der Waals surface area contributed by atoms with E-state index in [0.717, 1.165) is 56.1 Å². The van der Waals surface area contributed by atoms with Crippen LogP contribution in [-0.2, 0) is 31.6 Å². The second-order valence-electron chi connectivity index (χ2n) is 14.6. The van der Waals surface area contributed by atoms with Gasteiger partial charge in [-0.25, -0.2) is 8.42 Å². The number of hydrogen-bond donors (Lipinski definition) is 1. The van der Waals surface area contributed by atoms with E-state index in [1.54, 1.807) is 18.2 Å². The van der Waals surface area contributed by atoms with Crippen molar-refractivity contribution in [3.8, 4) is 0 Å². The fraction of sp³-hybridized carbons (Fsp3) is 0.611. The van der Waals surface area contributed by atoms with E-state index in [9.17, 15) is 18.0 Å². The molecule has 2 aromatic rings. The van der Waals surface area contributed by atoms with E-state index in [-0.39, 0.29) is 23.9 Å². The molecule has 2 aromatic carbocycles. The highest BCUT2D eigenvalue weighted by molar-refractivity contribution is 7.92. The van der Waals surface area contributed by atoms with Crippen molar-refractivity contribution < 1.29 is 18.0 Å². The maximum atomic E-state index is 14.2. The van der Waals surface area contributed by atoms with Gasteiger partial charge in [0.1, 0.15) is 12.6 Å². The van der Waals surface area contributed by atoms with Crippen LogP contribution in [0.5, 0.6) is 0 Å². The summed E-state index contributed by atoms with van der Waals surface area (Å²) in [5.41, 5.74) is 2.65. The van der Waals surface area contributed by atoms with Crippen LogP contribution in [0.4, 0.5) is 5.69 Å². The first-order valence-corrected chi connectivity index (χ1v) is 19.7. The molecule has 1 unspecified atom stereocenters. The normalized spacial score (nSPS) is 26.5. The summed E-state index contributed by atoms with van der Waals surface area (Å²) in [6.07, 6.45) is 14.4. The van der Waals surface area contributed by atoms with Crippen molar-refractivity contribution in [2.45, 2.75) is 108 Å². The van der Waals surface area contributed by atoms with Crippen LogP contribution in [0.25, 0.3) is 0 Å². The maximum Gasteiger partial charge on any atom is 0.244 e. The quantitative estimate of drug-likeness (QED) is 0.265. The third-order valence-corrected chi connectivity index (χ3v) is 13.0. The van der Waals surface area contributed by atoms with Crippen LogP contribution in [0.15, 0.2) is 42.5 Å². The first-order valence-electron chi connectivity index (χ1n) is 17.1. The molecule has 4 bridgehead atoms. The van der Waals surface area contributed by atoms with Crippen LogP contribution in [0.2, 0.25) is 10.0 Å². The minimum Gasteiger partial charge on any atom is -0.352 e. The molecule has 250 valence electrons. The first kappa shape index (κ1) is 33.6. The van der Waals surface area contributed by atoms with Gasteiger partial charge < -0.3 is 10.2 Å². The van der Waals surface area contributed by atoms with Gasteiger partial charge in [0.2, 0.25) is 21.8 Å². The topological polar surface area (TPSA) is 86.8 Å². The molecule has 5 fully saturated rings. The molecule has 10 heteroatoms. The number of sulfonamides is 1. The van der Waals surface area contributed by atoms with Crippen LogP contribution in [0.3, 0.4) is 0 Å². The molecule has 5 aliphatic carbocycles. The summed E-state index contributed by atoms with van der Waals surface area (Å²) >= 11 is 12.5. The Morgan fingerprint density at radius 1 is 0.913 bits per heavy atom. The Labute approximate surface area is 284 Å². The zero-order valence-electron chi connectivity index (χ0n) is 27.0. The smallest absolute Gasteiger partial charge is 0.244 e. The van der Waals surface area contributed by atoms with Gasteiger partial charge in [0.05, 0.1) is 22.0 Å². The predicted molar refractivity (Wildman–Crippen MR) is 185 cm³/mol. The Hall–Kier alpha value is -2.29. The van der Waals surface area contributed by atoms with Crippen molar-refractivity contribution >= 4 is 50.7 Å². The second kappa shape index (κ2) is 13.7. The molecule has 7 nitrogen and oxygen atoms in total. The summed E-state index contributed by atoms with van der Waals surface area (Å²) in [4.78, 5) is 29.4. The van der Waals surface area contributed by atoms with Gasteiger partial charge in [0, 0.05) is 12.6 Å². The average Bonchev–Trinajstić information content (AvgIpc) is 3.01. The van der Waals surface area contributed by atoms with Crippen molar-refractivity contribution in [2.24, 2.45) is 17.8 Å². The molecule has 5 aliphatic rings. The van der Waals surface area contributed by atoms with E-state index in [2.05, 4.69) is 17.4 Å². The van der Waals surface area contributed by atoms with Crippen LogP contribution >= 0.6 is 23.2 Å². The molecule has 0 saturated heterocycles. The van der Waals surface area contributed by atoms with Crippen LogP contribution in [-0.4, -0.2) is 50.0 Å². The summed E-state index contributed by atoms with van der Waals surface area (Å²) in [6, 6.07) is 12.3. The largest absolute Gasteiger partial charge is 0.352 e. The molecule has 0 radical (unpaired) electrons. The highest BCUT2D eigenvalue weighted by atomic mass is 35.5. The molecule has 0 aromatic heterocycles. The lowest BCUT2D eigenvalue weighted by Gasteiger charge is -2.57. The van der Waals surface area contributed by atoms with Gasteiger partial charge in [0.15, 0.2) is 0 Å². The highest BCUT2D eigenvalue weighted by Crippen LogP contribution is 2.60. The number of hydrogen-bond acceptors (Lipinski definition) is 4. The number of amides is 2. The molecule has 1 atom stereocenters. The average molecular weight is 689 g/mol. The number of carbonyl (C=O) groups excluding carboxylic acids is 2. The zero-order chi connectivity index (χ0) is 32.6. The van der Waals surface area contributed by atoms with Crippen molar-refractivity contribution in [2.75, 3.05) is 17.1 Å². The van der Waals surface area contributed by atoms with Gasteiger partial charge in [-0.05, 0) is 116 Å². The Balaban J connectivity index is 1.25. The molecule has 0 aliphatic heterocycles. The van der Waals surface area contributed by atoms with Gasteiger partial charge in [-0.1, -0.05) is 67.6 Å². The standard InChI is InChI=1S/C36H47Cl2N3O4S/c1-3-33(35(43)39-29-7-5-4-6-8-29)40(22-24-9-14-31(37)32(38)18-24)34(42)23-41(46(2,44)45)30-12-10-28(11-13-30)36-19-25-15-26(20-36)17-27(16-25)21-36/h9-14,18,25-27,29,33H,3-8,15-17,19-23H2,1-2H3,(H,39,43). The molecule has 0 heterocycles. The fourth-order valence-corrected chi connectivity index (χ4v) is 10.5. The van der Waals surface area contributed by atoms with Gasteiger partial charge >= 0.3 is 0 Å². The van der Waals surface area contributed by atoms with E-state index >= 15 is 0 Å². The van der Waals surface area contributed by atoms with E-state index in [1.807, 2.05) is 19.1 Å². The Kier molecular flexibility index (Phi) is 9.99. The number of nitrogens with one attached hydrogen (secondary N) is 1. The Bertz CT molecular complexity index is 1510. The molecule has 2 amide bonds. The van der Waals surface area contributed by atoms with Crippen molar-refractivity contribution in [1.82, 2.24) is 10.2 Å². The van der Waals surface area contributed by atoms with Crippen molar-refractivity contribution in [1.29, 1.82) is 0 Å². The molecular weight excluding hydrogens is 641 g/mol. The van der Waals surface area contributed by atoms with Gasteiger partial charge in [0.25, 0.3) is 0 Å². The van der Waals surface area contributed by atoms with Crippen molar-refractivity contribution in [3.05, 3.63) is 63.6 Å². The predicted octanol–water partition coefficient (Wildman–Crippen LogP) is 7.48. The molecule has 46 heavy (non-hydrogen) atoms. The third-order valence-electron chi connectivity index (χ3n) is 11.2. The fourth-order valence-electron chi connectivity index (χ4n) is 9.36. The molecule has 7 rings (SSSR count). The number of carbonyl (C=O) groups is 2. The third kappa shape index (κ3) is 7.24. The first-order chi connectivity index (χ1) is 21.9. The summed E-state index contributed by atoms with van der Waals surface area (Å²) in [7, 11) is -3.82. The maximum absolute atomic E-state index is 14.2. The minimum absolute atomic E-state index is 0.0808. The Morgan fingerprint density at radius 2 is 1.52 bits per heavy atom. The monoisotopic (exact) mass is 687 g/mol. The molecular formula is C36H47Cl2N3O4S. The number of halogens is 2. The molecule has 0 spiro atoms. The van der Waals surface area contributed by atoms with E-state index in [1.165, 1.54) is 53.3 Å². The second-order valence-corrected chi connectivity index (χ2v) is 17.3. The number of nitrogens with zero attached hydrogens (tertiary/aromatic N) is 2. The lowest BCUT2D eigenvalue weighted by molar-refractivity contribution is -0.140. The summed E-state index contributed by atoms with van der Waals surface area (Å²) < 4.78 is 27.6. The SMILES string of the molecule is CCC(C(=O)NC1CCCCC1)N(Cc1ccc(Cl)c(Cl)c1)C(=O)CN(c1ccc(C23CC4CC(CC(C4)C2)C3)cc1)S(C)(=O)=O. The van der Waals surface area contributed by atoms with Gasteiger partial charge in [-0.15, -0.1) is 0 Å². The van der Waals surface area contributed by atoms with Crippen molar-refractivity contribution in [3.63, 3.8) is 0 Å². The van der Waals surface area contributed by atoms with E-state index in [0.29, 0.717) is 27.7 Å². The molecule has 1 N–H and O–H groups in total. The summed E-state index contributed by atoms with van der Waals surface area (Å²) in [6.45, 7) is 1.55. The minimum atomic E-state index is -3.82. The van der Waals surface area contributed by atoms with E-state index < -0.39 is 28.5 Å². The van der Waals surface area contributed by atoms with Crippen LogP contribution in [0.1, 0.15) is 95.1 Å². The Morgan fingerprint density at radius 3 is 2.07 bits per heavy atom. The van der Waals surface area contributed by atoms with Gasteiger partial charge in [-0.3, -0.25) is 13.9 Å². The van der Waals surface area contributed by atoms with E-state index in [4.69, 9.17) is 23.2 Å². The number of anilines is 1. The summed E-state index contributed by atoms with van der Waals surface area (Å²) in [5.74, 6) is 1.75. The van der Waals surface area contributed by atoms with Gasteiger partial charge in [-0.2, -0.15) is 0 Å². The number of rotatable bonds is 11. The highest BCUT2D eigenvalue weighted by Gasteiger charge is 2.51. The van der Waals surface area contributed by atoms with Crippen LogP contribution in [0, 0.1) is 17.8 Å². The van der Waals surface area contributed by atoms with Crippen LogP contribution < -0.4 is 9.62 Å². The lowest BCUT2D eigenvalue weighted by Crippen LogP contribution is -2.54. The lowest BCUT2D eigenvalue weighted by atomic mass is 9.48. The number of benzene rings is 2.